The van der Waals surface area contributed by atoms with E-state index in [9.17, 15) is 21.6 Å². The smallest absolute Gasteiger partial charge is 0.454 e. The van der Waals surface area contributed by atoms with Gasteiger partial charge < -0.3 is 14.8 Å². The van der Waals surface area contributed by atoms with E-state index in [-0.39, 0.29) is 6.79 Å². The molecule has 1 N–H and O–H groups in total. The Balaban J connectivity index is 1.69. The van der Waals surface area contributed by atoms with Crippen molar-refractivity contribution in [3.63, 3.8) is 0 Å². The summed E-state index contributed by atoms with van der Waals surface area (Å²) in [4.78, 5) is -0.788. The van der Waals surface area contributed by atoms with Crippen molar-refractivity contribution in [2.45, 2.75) is 16.9 Å². The number of nitrogens with one attached hydrogen (secondary N) is 1. The fourth-order valence-corrected chi connectivity index (χ4v) is 2.90. The number of fused-ring (bicyclic) bond motifs is 1. The molecule has 1 heterocycles. The van der Waals surface area contributed by atoms with Crippen molar-refractivity contribution in [1.29, 1.82) is 0 Å². The summed E-state index contributed by atoms with van der Waals surface area (Å²) >= 11 is 0. The first-order valence-corrected chi connectivity index (χ1v) is 8.29. The zero-order valence-electron chi connectivity index (χ0n) is 12.1. The van der Waals surface area contributed by atoms with Crippen LogP contribution in [0.1, 0.15) is 5.56 Å². The third-order valence-electron chi connectivity index (χ3n) is 3.40. The van der Waals surface area contributed by atoms with Crippen LogP contribution in [0.15, 0.2) is 47.4 Å². The fourth-order valence-electron chi connectivity index (χ4n) is 2.14. The van der Waals surface area contributed by atoms with E-state index < -0.39 is 20.2 Å². The summed E-state index contributed by atoms with van der Waals surface area (Å²) in [6, 6.07) is 9.78. The number of benzene rings is 2. The monoisotopic (exact) mass is 359 g/mol. The van der Waals surface area contributed by atoms with E-state index >= 15 is 0 Å². The second kappa shape index (κ2) is 5.90. The van der Waals surface area contributed by atoms with E-state index in [1.807, 2.05) is 6.07 Å². The molecular weight excluding hydrogens is 347 g/mol. The second-order valence-electron chi connectivity index (χ2n) is 5.01. The van der Waals surface area contributed by atoms with E-state index in [1.165, 1.54) is 12.1 Å². The molecule has 0 radical (unpaired) electrons. The topological polar surface area (TPSA) is 64.6 Å². The molecule has 128 valence electrons. The van der Waals surface area contributed by atoms with Gasteiger partial charge in [0.2, 0.25) is 6.79 Å². The highest BCUT2D eigenvalue weighted by Gasteiger charge is 2.46. The van der Waals surface area contributed by atoms with Crippen LogP contribution < -0.4 is 14.8 Å². The van der Waals surface area contributed by atoms with Crippen LogP contribution >= 0.6 is 0 Å². The Labute approximate surface area is 135 Å². The summed E-state index contributed by atoms with van der Waals surface area (Å²) in [5.41, 5.74) is -3.94. The maximum atomic E-state index is 12.5. The van der Waals surface area contributed by atoms with Gasteiger partial charge in [-0.25, -0.2) is 8.42 Å². The number of sulfone groups is 1. The van der Waals surface area contributed by atoms with E-state index in [0.717, 1.165) is 17.7 Å². The first-order valence-electron chi connectivity index (χ1n) is 6.81. The van der Waals surface area contributed by atoms with Gasteiger partial charge >= 0.3 is 5.51 Å². The van der Waals surface area contributed by atoms with E-state index in [4.69, 9.17) is 9.47 Å². The third kappa shape index (κ3) is 3.12. The molecular formula is C15H12F3NO4S. The van der Waals surface area contributed by atoms with Crippen molar-refractivity contribution in [2.75, 3.05) is 12.1 Å². The molecule has 1 aliphatic rings. The molecule has 2 aromatic carbocycles. The zero-order chi connectivity index (χ0) is 17.4. The Hall–Kier alpha value is -2.42. The minimum Gasteiger partial charge on any atom is -0.454 e. The highest BCUT2D eigenvalue weighted by molar-refractivity contribution is 7.92. The lowest BCUT2D eigenvalue weighted by molar-refractivity contribution is -0.0436. The highest BCUT2D eigenvalue weighted by atomic mass is 32.2. The van der Waals surface area contributed by atoms with Crippen molar-refractivity contribution in [3.05, 3.63) is 48.0 Å². The average Bonchev–Trinajstić information content (AvgIpc) is 3.00. The lowest BCUT2D eigenvalue weighted by Crippen LogP contribution is -2.23. The molecule has 1 aliphatic heterocycles. The molecule has 24 heavy (non-hydrogen) atoms. The molecule has 5 nitrogen and oxygen atoms in total. The molecule has 0 bridgehead atoms. The number of rotatable bonds is 4. The van der Waals surface area contributed by atoms with Gasteiger partial charge in [0.25, 0.3) is 9.84 Å². The van der Waals surface area contributed by atoms with Gasteiger partial charge in [-0.1, -0.05) is 6.07 Å². The molecule has 0 aromatic heterocycles. The lowest BCUT2D eigenvalue weighted by Gasteiger charge is -2.10. The van der Waals surface area contributed by atoms with Gasteiger partial charge in [-0.05, 0) is 42.0 Å². The Morgan fingerprint density at radius 3 is 2.33 bits per heavy atom. The van der Waals surface area contributed by atoms with Crippen LogP contribution in [0.4, 0.5) is 18.9 Å². The normalized spacial score (nSPS) is 13.8. The van der Waals surface area contributed by atoms with Gasteiger partial charge in [0, 0.05) is 12.2 Å². The van der Waals surface area contributed by atoms with Crippen LogP contribution in [0.5, 0.6) is 11.5 Å². The minimum atomic E-state index is -5.33. The number of ether oxygens (including phenoxy) is 2. The van der Waals surface area contributed by atoms with Crippen molar-refractivity contribution < 1.29 is 31.1 Å². The summed E-state index contributed by atoms with van der Waals surface area (Å²) in [5.74, 6) is 1.28. The van der Waals surface area contributed by atoms with Gasteiger partial charge in [0.1, 0.15) is 0 Å². The molecule has 0 spiro atoms. The largest absolute Gasteiger partial charge is 0.501 e. The number of hydrogen-bond acceptors (Lipinski definition) is 5. The Morgan fingerprint density at radius 2 is 1.67 bits per heavy atom. The summed E-state index contributed by atoms with van der Waals surface area (Å²) in [7, 11) is -5.33. The molecule has 3 rings (SSSR count). The molecule has 0 saturated carbocycles. The van der Waals surface area contributed by atoms with Crippen LogP contribution in [0, 0.1) is 0 Å². The predicted molar refractivity (Wildman–Crippen MR) is 79.6 cm³/mol. The van der Waals surface area contributed by atoms with Gasteiger partial charge in [-0.15, -0.1) is 0 Å². The molecule has 0 saturated heterocycles. The SMILES string of the molecule is O=S(=O)(c1ccc(NCc2ccc3c(c2)OCO3)cc1)C(F)(F)F. The molecule has 0 aliphatic carbocycles. The summed E-state index contributed by atoms with van der Waals surface area (Å²) in [6.45, 7) is 0.559. The average molecular weight is 359 g/mol. The van der Waals surface area contributed by atoms with Crippen LogP contribution in [-0.4, -0.2) is 20.7 Å². The third-order valence-corrected chi connectivity index (χ3v) is 4.91. The van der Waals surface area contributed by atoms with E-state index in [2.05, 4.69) is 5.32 Å². The van der Waals surface area contributed by atoms with Crippen LogP contribution in [0.3, 0.4) is 0 Å². The molecule has 0 atom stereocenters. The molecule has 0 amide bonds. The number of hydrogen-bond donors (Lipinski definition) is 1. The van der Waals surface area contributed by atoms with Gasteiger partial charge in [-0.3, -0.25) is 0 Å². The fraction of sp³-hybridized carbons (Fsp3) is 0.200. The van der Waals surface area contributed by atoms with Crippen molar-refractivity contribution in [1.82, 2.24) is 0 Å². The van der Waals surface area contributed by atoms with Crippen molar-refractivity contribution >= 4 is 15.5 Å². The summed E-state index contributed by atoms with van der Waals surface area (Å²) < 4.78 is 70.4. The number of alkyl halides is 3. The Morgan fingerprint density at radius 1 is 1.00 bits per heavy atom. The Bertz CT molecular complexity index is 848. The summed E-state index contributed by atoms with van der Waals surface area (Å²) in [5, 5.41) is 3.00. The van der Waals surface area contributed by atoms with Gasteiger partial charge in [0.05, 0.1) is 4.90 Å². The number of halogens is 3. The van der Waals surface area contributed by atoms with Crippen molar-refractivity contribution in [3.8, 4) is 11.5 Å². The minimum absolute atomic E-state index is 0.168. The maximum Gasteiger partial charge on any atom is 0.501 e. The number of anilines is 1. The predicted octanol–water partition coefficient (Wildman–Crippen LogP) is 3.32. The van der Waals surface area contributed by atoms with Crippen LogP contribution in [-0.2, 0) is 16.4 Å². The van der Waals surface area contributed by atoms with E-state index in [1.54, 1.807) is 12.1 Å². The molecule has 2 aromatic rings. The quantitative estimate of drug-likeness (QED) is 0.907. The van der Waals surface area contributed by atoms with Gasteiger partial charge in [0.15, 0.2) is 11.5 Å². The summed E-state index contributed by atoms with van der Waals surface area (Å²) in [6.07, 6.45) is 0. The first-order chi connectivity index (χ1) is 11.3. The zero-order valence-corrected chi connectivity index (χ0v) is 12.9. The standard InChI is InChI=1S/C15H12F3NO4S/c16-15(17,18)24(20,21)12-4-2-11(3-5-12)19-8-10-1-6-13-14(7-10)23-9-22-13/h1-7,19H,8-9H2. The molecule has 9 heteroatoms. The second-order valence-corrected chi connectivity index (χ2v) is 6.96. The van der Waals surface area contributed by atoms with Crippen molar-refractivity contribution in [2.24, 2.45) is 0 Å². The molecule has 0 fully saturated rings. The highest BCUT2D eigenvalue weighted by Crippen LogP contribution is 2.33. The lowest BCUT2D eigenvalue weighted by atomic mass is 10.2. The maximum absolute atomic E-state index is 12.5. The van der Waals surface area contributed by atoms with Gasteiger partial charge in [-0.2, -0.15) is 13.2 Å². The van der Waals surface area contributed by atoms with Crippen LogP contribution in [0.2, 0.25) is 0 Å². The first kappa shape index (κ1) is 16.4. The van der Waals surface area contributed by atoms with E-state index in [0.29, 0.717) is 23.7 Å². The van der Waals surface area contributed by atoms with Crippen LogP contribution in [0.25, 0.3) is 0 Å². The Kier molecular flexibility index (Phi) is 4.04. The molecule has 0 unspecified atom stereocenters.